The summed E-state index contributed by atoms with van der Waals surface area (Å²) in [6.45, 7) is 1.69. The molecule has 0 radical (unpaired) electrons. The fraction of sp³-hybridized carbons (Fsp3) is 0.222. The number of benzene rings is 2. The Morgan fingerprint density at radius 2 is 1.92 bits per heavy atom. The zero-order valence-electron chi connectivity index (χ0n) is 13.7. The maximum absolute atomic E-state index is 13.6. The number of halogens is 2. The van der Waals surface area contributed by atoms with Crippen molar-refractivity contribution < 1.29 is 28.2 Å². The van der Waals surface area contributed by atoms with Gasteiger partial charge in [-0.05, 0) is 47.1 Å². The number of hydrogen-bond donors (Lipinski definition) is 0. The molecule has 0 saturated carbocycles. The lowest BCUT2D eigenvalue weighted by Gasteiger charge is -2.13. The smallest absolute Gasteiger partial charge is 0.338 e. The summed E-state index contributed by atoms with van der Waals surface area (Å²) in [6, 6.07) is 8.47. The van der Waals surface area contributed by atoms with Crippen LogP contribution in [0.4, 0.5) is 4.39 Å². The zero-order valence-corrected chi connectivity index (χ0v) is 15.3. The molecule has 0 heterocycles. The lowest BCUT2D eigenvalue weighted by Crippen LogP contribution is -2.15. The number of carbonyl (C=O) groups excluding carboxylic acids is 2. The largest absolute Gasteiger partial charge is 0.493 e. The number of ketones is 1. The summed E-state index contributed by atoms with van der Waals surface area (Å²) in [5.41, 5.74) is 0.0502. The van der Waals surface area contributed by atoms with E-state index in [1.807, 2.05) is 6.92 Å². The van der Waals surface area contributed by atoms with Crippen LogP contribution in [-0.4, -0.2) is 32.1 Å². The third-order valence-corrected chi connectivity index (χ3v) is 3.85. The van der Waals surface area contributed by atoms with E-state index in [4.69, 9.17) is 14.2 Å². The van der Waals surface area contributed by atoms with Crippen LogP contribution in [0, 0.1) is 5.82 Å². The zero-order chi connectivity index (χ0) is 18.4. The Morgan fingerprint density at radius 1 is 1.20 bits per heavy atom. The summed E-state index contributed by atoms with van der Waals surface area (Å²) < 4.78 is 29.7. The molecule has 0 N–H and O–H groups in total. The van der Waals surface area contributed by atoms with Gasteiger partial charge in [0.2, 0.25) is 5.78 Å². The van der Waals surface area contributed by atoms with Gasteiger partial charge in [-0.15, -0.1) is 0 Å². The number of ether oxygens (including phenoxy) is 3. The molecule has 0 bridgehead atoms. The Kier molecular flexibility index (Phi) is 6.52. The predicted octanol–water partition coefficient (Wildman–Crippen LogP) is 4.04. The monoisotopic (exact) mass is 410 g/mol. The van der Waals surface area contributed by atoms with E-state index in [1.54, 1.807) is 0 Å². The van der Waals surface area contributed by atoms with Gasteiger partial charge in [0.15, 0.2) is 18.1 Å². The molecule has 0 atom stereocenters. The van der Waals surface area contributed by atoms with E-state index in [1.165, 1.54) is 43.5 Å². The van der Waals surface area contributed by atoms with Crippen LogP contribution in [0.25, 0.3) is 0 Å². The standard InChI is InChI=1S/C18H16BrFO5/c1-3-24-17-13(19)8-11(9-16(17)23-2)18(22)25-10-15(21)12-6-4-5-7-14(12)20/h4-9H,3,10H2,1-2H3. The first-order valence-corrected chi connectivity index (χ1v) is 8.22. The molecule has 0 unspecified atom stereocenters. The number of hydrogen-bond acceptors (Lipinski definition) is 5. The number of esters is 1. The second-order valence-corrected chi connectivity index (χ2v) is 5.76. The summed E-state index contributed by atoms with van der Waals surface area (Å²) in [5.74, 6) is -1.20. The topological polar surface area (TPSA) is 61.8 Å². The molecule has 2 aromatic carbocycles. The van der Waals surface area contributed by atoms with Crippen LogP contribution < -0.4 is 9.47 Å². The van der Waals surface area contributed by atoms with Gasteiger partial charge >= 0.3 is 5.97 Å². The highest BCUT2D eigenvalue weighted by molar-refractivity contribution is 9.10. The highest BCUT2D eigenvalue weighted by atomic mass is 79.9. The van der Waals surface area contributed by atoms with E-state index in [0.717, 1.165) is 0 Å². The van der Waals surface area contributed by atoms with Gasteiger partial charge in [0, 0.05) is 0 Å². The summed E-state index contributed by atoms with van der Waals surface area (Å²) in [4.78, 5) is 24.1. The molecule has 0 saturated heterocycles. The Labute approximate surface area is 152 Å². The molecule has 0 aliphatic heterocycles. The Hall–Kier alpha value is -2.41. The van der Waals surface area contributed by atoms with Gasteiger partial charge in [-0.3, -0.25) is 4.79 Å². The first kappa shape index (κ1) is 18.9. The van der Waals surface area contributed by atoms with Crippen LogP contribution in [0.3, 0.4) is 0 Å². The van der Waals surface area contributed by atoms with Gasteiger partial charge in [0.05, 0.1) is 29.3 Å². The summed E-state index contributed by atoms with van der Waals surface area (Å²) in [5, 5.41) is 0. The average molecular weight is 411 g/mol. The van der Waals surface area contributed by atoms with Crippen molar-refractivity contribution in [1.82, 2.24) is 0 Å². The van der Waals surface area contributed by atoms with Crippen LogP contribution in [0.1, 0.15) is 27.6 Å². The Balaban J connectivity index is 2.12. The Morgan fingerprint density at radius 3 is 2.56 bits per heavy atom. The van der Waals surface area contributed by atoms with E-state index in [-0.39, 0.29) is 11.1 Å². The van der Waals surface area contributed by atoms with Crippen molar-refractivity contribution in [3.8, 4) is 11.5 Å². The van der Waals surface area contributed by atoms with E-state index in [2.05, 4.69) is 15.9 Å². The molecule has 0 fully saturated rings. The average Bonchev–Trinajstić information content (AvgIpc) is 2.61. The normalized spacial score (nSPS) is 10.2. The summed E-state index contributed by atoms with van der Waals surface area (Å²) >= 11 is 3.31. The van der Waals surface area contributed by atoms with Gasteiger partial charge in [-0.2, -0.15) is 0 Å². The van der Waals surface area contributed by atoms with Crippen LogP contribution in [0.15, 0.2) is 40.9 Å². The quantitative estimate of drug-likeness (QED) is 0.509. The molecule has 132 valence electrons. The molecular formula is C18H16BrFO5. The van der Waals surface area contributed by atoms with E-state index in [9.17, 15) is 14.0 Å². The third kappa shape index (κ3) is 4.57. The van der Waals surface area contributed by atoms with Gasteiger partial charge < -0.3 is 14.2 Å². The molecule has 0 amide bonds. The van der Waals surface area contributed by atoms with E-state index >= 15 is 0 Å². The van der Waals surface area contributed by atoms with Crippen molar-refractivity contribution in [2.45, 2.75) is 6.92 Å². The van der Waals surface area contributed by atoms with Crippen LogP contribution in [-0.2, 0) is 4.74 Å². The number of carbonyl (C=O) groups is 2. The van der Waals surface area contributed by atoms with Crippen molar-refractivity contribution in [3.63, 3.8) is 0 Å². The maximum Gasteiger partial charge on any atom is 0.338 e. The molecular weight excluding hydrogens is 395 g/mol. The highest BCUT2D eigenvalue weighted by Crippen LogP contribution is 2.36. The first-order chi connectivity index (χ1) is 12.0. The van der Waals surface area contributed by atoms with Crippen LogP contribution in [0.2, 0.25) is 0 Å². The molecule has 7 heteroatoms. The van der Waals surface area contributed by atoms with E-state index < -0.39 is 24.2 Å². The van der Waals surface area contributed by atoms with Gasteiger partial charge in [0.1, 0.15) is 5.82 Å². The van der Waals surface area contributed by atoms with Crippen molar-refractivity contribution in [2.24, 2.45) is 0 Å². The van der Waals surface area contributed by atoms with Crippen molar-refractivity contribution in [2.75, 3.05) is 20.3 Å². The molecule has 25 heavy (non-hydrogen) atoms. The van der Waals surface area contributed by atoms with Crippen molar-refractivity contribution in [1.29, 1.82) is 0 Å². The van der Waals surface area contributed by atoms with E-state index in [0.29, 0.717) is 22.6 Å². The third-order valence-electron chi connectivity index (χ3n) is 3.26. The summed E-state index contributed by atoms with van der Waals surface area (Å²) in [6.07, 6.45) is 0. The van der Waals surface area contributed by atoms with Crippen LogP contribution >= 0.6 is 15.9 Å². The maximum atomic E-state index is 13.6. The number of methoxy groups -OCH3 is 1. The summed E-state index contributed by atoms with van der Waals surface area (Å²) in [7, 11) is 1.45. The van der Waals surface area contributed by atoms with Crippen LogP contribution in [0.5, 0.6) is 11.5 Å². The lowest BCUT2D eigenvalue weighted by molar-refractivity contribution is 0.0473. The molecule has 2 rings (SSSR count). The Bertz CT molecular complexity index is 791. The molecule has 0 aliphatic carbocycles. The second kappa shape index (κ2) is 8.62. The molecule has 0 aromatic heterocycles. The highest BCUT2D eigenvalue weighted by Gasteiger charge is 2.18. The predicted molar refractivity (Wildman–Crippen MR) is 92.9 cm³/mol. The molecule has 0 spiro atoms. The fourth-order valence-corrected chi connectivity index (χ4v) is 2.66. The minimum absolute atomic E-state index is 0.124. The van der Waals surface area contributed by atoms with Gasteiger partial charge in [0.25, 0.3) is 0 Å². The minimum atomic E-state index is -0.730. The molecule has 5 nitrogen and oxygen atoms in total. The molecule has 0 aliphatic rings. The minimum Gasteiger partial charge on any atom is -0.493 e. The SMILES string of the molecule is CCOc1c(Br)cc(C(=O)OCC(=O)c2ccccc2F)cc1OC. The second-order valence-electron chi connectivity index (χ2n) is 4.90. The lowest BCUT2D eigenvalue weighted by atomic mass is 10.1. The fourth-order valence-electron chi connectivity index (χ4n) is 2.10. The van der Waals surface area contributed by atoms with Crippen molar-refractivity contribution >= 4 is 27.7 Å². The number of rotatable bonds is 7. The van der Waals surface area contributed by atoms with Crippen molar-refractivity contribution in [3.05, 3.63) is 57.8 Å². The van der Waals surface area contributed by atoms with Gasteiger partial charge in [-0.1, -0.05) is 12.1 Å². The first-order valence-electron chi connectivity index (χ1n) is 7.43. The molecule has 2 aromatic rings. The van der Waals surface area contributed by atoms with Gasteiger partial charge in [-0.25, -0.2) is 9.18 Å². The number of Topliss-reactive ketones (excluding diaryl/α,β-unsaturated/α-hetero) is 1.